The molecule has 0 fully saturated rings. The summed E-state index contributed by atoms with van der Waals surface area (Å²) in [5.74, 6) is 0.831. The molecule has 0 aliphatic heterocycles. The van der Waals surface area contributed by atoms with Gasteiger partial charge in [-0.1, -0.05) is 12.1 Å². The molecule has 0 atom stereocenters. The highest BCUT2D eigenvalue weighted by molar-refractivity contribution is 7.92. The summed E-state index contributed by atoms with van der Waals surface area (Å²) < 4.78 is 37.8. The van der Waals surface area contributed by atoms with Crippen LogP contribution in [0, 0.1) is 0 Å². The number of nitrogens with zero attached hydrogens (tertiary/aromatic N) is 1. The van der Waals surface area contributed by atoms with Crippen molar-refractivity contribution in [2.45, 2.75) is 24.8 Å². The van der Waals surface area contributed by atoms with Crippen LogP contribution in [0.25, 0.3) is 0 Å². The molecule has 32 heavy (non-hydrogen) atoms. The number of hydrogen-bond acceptors (Lipinski definition) is 5. The van der Waals surface area contributed by atoms with E-state index in [-0.39, 0.29) is 16.9 Å². The van der Waals surface area contributed by atoms with E-state index in [1.165, 1.54) is 30.6 Å². The van der Waals surface area contributed by atoms with Gasteiger partial charge in [0.2, 0.25) is 0 Å². The summed E-state index contributed by atoms with van der Waals surface area (Å²) in [6.07, 6.45) is -0.0319. The molecule has 8 heteroatoms. The van der Waals surface area contributed by atoms with E-state index in [2.05, 4.69) is 5.32 Å². The van der Waals surface area contributed by atoms with Gasteiger partial charge in [0.25, 0.3) is 15.9 Å². The minimum absolute atomic E-state index is 0.0319. The van der Waals surface area contributed by atoms with Gasteiger partial charge in [0.15, 0.2) is 0 Å². The van der Waals surface area contributed by atoms with E-state index in [1.807, 2.05) is 26.0 Å². The summed E-state index contributed by atoms with van der Waals surface area (Å²) in [5.41, 5.74) is 1.39. The molecule has 0 bridgehead atoms. The van der Waals surface area contributed by atoms with Crippen LogP contribution in [0.1, 0.15) is 24.2 Å². The minimum atomic E-state index is -3.76. The van der Waals surface area contributed by atoms with Crippen molar-refractivity contribution in [1.82, 2.24) is 0 Å². The maximum atomic E-state index is 12.9. The quantitative estimate of drug-likeness (QED) is 0.539. The van der Waals surface area contributed by atoms with Gasteiger partial charge < -0.3 is 14.8 Å². The molecule has 168 valence electrons. The van der Waals surface area contributed by atoms with E-state index in [9.17, 15) is 13.2 Å². The normalized spacial score (nSPS) is 11.2. The number of rotatable bonds is 8. The number of anilines is 2. The second kappa shape index (κ2) is 9.74. The average molecular weight is 455 g/mol. The minimum Gasteiger partial charge on any atom is -0.497 e. The maximum Gasteiger partial charge on any atom is 0.264 e. The Hall–Kier alpha value is -3.52. The topological polar surface area (TPSA) is 84.9 Å². The molecule has 3 rings (SSSR count). The van der Waals surface area contributed by atoms with E-state index < -0.39 is 10.0 Å². The largest absolute Gasteiger partial charge is 0.497 e. The van der Waals surface area contributed by atoms with Crippen LogP contribution >= 0.6 is 0 Å². The molecular formula is C24H26N2O5S. The molecule has 3 aromatic carbocycles. The third kappa shape index (κ3) is 5.20. The Bertz CT molecular complexity index is 1170. The van der Waals surface area contributed by atoms with E-state index in [0.29, 0.717) is 28.4 Å². The van der Waals surface area contributed by atoms with Gasteiger partial charge in [-0.3, -0.25) is 9.10 Å². The van der Waals surface area contributed by atoms with Crippen LogP contribution < -0.4 is 19.1 Å². The number of sulfonamides is 1. The third-order valence-electron chi connectivity index (χ3n) is 4.71. The second-order valence-electron chi connectivity index (χ2n) is 7.31. The van der Waals surface area contributed by atoms with Crippen molar-refractivity contribution in [1.29, 1.82) is 0 Å². The van der Waals surface area contributed by atoms with Crippen LogP contribution in [0.4, 0.5) is 11.4 Å². The van der Waals surface area contributed by atoms with Gasteiger partial charge in [-0.05, 0) is 74.5 Å². The Morgan fingerprint density at radius 3 is 2.16 bits per heavy atom. The summed E-state index contributed by atoms with van der Waals surface area (Å²) in [5, 5.41) is 2.84. The molecule has 0 saturated carbocycles. The zero-order valence-electron chi connectivity index (χ0n) is 18.4. The fourth-order valence-electron chi connectivity index (χ4n) is 2.99. The third-order valence-corrected chi connectivity index (χ3v) is 6.51. The molecule has 0 radical (unpaired) electrons. The Labute approximate surface area is 188 Å². The van der Waals surface area contributed by atoms with Crippen LogP contribution in [0.5, 0.6) is 11.5 Å². The van der Waals surface area contributed by atoms with Crippen molar-refractivity contribution in [3.63, 3.8) is 0 Å². The Balaban J connectivity index is 1.76. The zero-order chi connectivity index (χ0) is 23.3. The van der Waals surface area contributed by atoms with Crippen LogP contribution in [-0.2, 0) is 10.0 Å². The molecule has 1 amide bonds. The summed E-state index contributed by atoms with van der Waals surface area (Å²) >= 11 is 0. The van der Waals surface area contributed by atoms with Gasteiger partial charge in [0.05, 0.1) is 29.5 Å². The first-order valence-corrected chi connectivity index (χ1v) is 11.5. The van der Waals surface area contributed by atoms with Gasteiger partial charge in [0.1, 0.15) is 11.5 Å². The molecule has 3 aromatic rings. The first kappa shape index (κ1) is 23.1. The highest BCUT2D eigenvalue weighted by atomic mass is 32.2. The summed E-state index contributed by atoms with van der Waals surface area (Å²) in [7, 11) is -0.772. The van der Waals surface area contributed by atoms with Crippen molar-refractivity contribution in [2.75, 3.05) is 23.8 Å². The number of hydrogen-bond donors (Lipinski definition) is 1. The first-order chi connectivity index (χ1) is 15.2. The molecule has 0 saturated heterocycles. The average Bonchev–Trinajstić information content (AvgIpc) is 2.79. The van der Waals surface area contributed by atoms with E-state index >= 15 is 0 Å². The van der Waals surface area contributed by atoms with Crippen molar-refractivity contribution in [3.05, 3.63) is 78.4 Å². The Morgan fingerprint density at radius 1 is 0.938 bits per heavy atom. The van der Waals surface area contributed by atoms with Crippen molar-refractivity contribution >= 4 is 27.3 Å². The van der Waals surface area contributed by atoms with Gasteiger partial charge in [-0.2, -0.15) is 0 Å². The number of carbonyl (C=O) groups is 1. The maximum absolute atomic E-state index is 12.9. The summed E-state index contributed by atoms with van der Waals surface area (Å²) in [6, 6.07) is 19.7. The lowest BCUT2D eigenvalue weighted by Crippen LogP contribution is -2.26. The predicted octanol–water partition coefficient (Wildman–Crippen LogP) is 4.56. The van der Waals surface area contributed by atoms with Crippen LogP contribution in [0.2, 0.25) is 0 Å². The van der Waals surface area contributed by atoms with Crippen molar-refractivity contribution in [3.8, 4) is 11.5 Å². The molecule has 0 aliphatic rings. The zero-order valence-corrected chi connectivity index (χ0v) is 19.2. The van der Waals surface area contributed by atoms with Crippen molar-refractivity contribution < 1.29 is 22.7 Å². The standard InChI is InChI=1S/C24H26N2O5S/c1-17(2)31-23-8-6-5-7-22(23)25-24(27)18-9-11-19(12-10-18)26(3)32(28,29)21-15-13-20(30-4)14-16-21/h5-17H,1-4H3,(H,25,27). The number of amides is 1. The molecule has 1 N–H and O–H groups in total. The lowest BCUT2D eigenvalue weighted by molar-refractivity contribution is 0.102. The van der Waals surface area contributed by atoms with Crippen LogP contribution in [-0.4, -0.2) is 34.6 Å². The molecule has 0 unspecified atom stereocenters. The van der Waals surface area contributed by atoms with E-state index in [1.54, 1.807) is 48.5 Å². The molecule has 7 nitrogen and oxygen atoms in total. The lowest BCUT2D eigenvalue weighted by atomic mass is 10.2. The highest BCUT2D eigenvalue weighted by Gasteiger charge is 2.21. The second-order valence-corrected chi connectivity index (χ2v) is 9.28. The fraction of sp³-hybridized carbons (Fsp3) is 0.208. The monoisotopic (exact) mass is 454 g/mol. The molecule has 0 spiro atoms. The van der Waals surface area contributed by atoms with Crippen molar-refractivity contribution in [2.24, 2.45) is 0 Å². The first-order valence-electron chi connectivity index (χ1n) is 10.0. The fourth-order valence-corrected chi connectivity index (χ4v) is 4.18. The molecular weight excluding hydrogens is 428 g/mol. The van der Waals surface area contributed by atoms with Gasteiger partial charge >= 0.3 is 0 Å². The molecule has 0 aliphatic carbocycles. The number of ether oxygens (including phenoxy) is 2. The van der Waals surface area contributed by atoms with Gasteiger partial charge in [-0.25, -0.2) is 8.42 Å². The van der Waals surface area contributed by atoms with E-state index in [0.717, 1.165) is 0 Å². The molecule has 0 aromatic heterocycles. The van der Waals surface area contributed by atoms with Crippen LogP contribution in [0.15, 0.2) is 77.7 Å². The highest BCUT2D eigenvalue weighted by Crippen LogP contribution is 2.27. The van der Waals surface area contributed by atoms with Crippen LogP contribution in [0.3, 0.4) is 0 Å². The Kier molecular flexibility index (Phi) is 7.05. The number of benzene rings is 3. The van der Waals surface area contributed by atoms with E-state index in [4.69, 9.17) is 9.47 Å². The summed E-state index contributed by atoms with van der Waals surface area (Å²) in [4.78, 5) is 12.8. The SMILES string of the molecule is COc1ccc(S(=O)(=O)N(C)c2ccc(C(=O)Nc3ccccc3OC(C)C)cc2)cc1. The molecule has 0 heterocycles. The predicted molar refractivity (Wildman–Crippen MR) is 125 cm³/mol. The lowest BCUT2D eigenvalue weighted by Gasteiger charge is -2.20. The number of para-hydroxylation sites is 2. The summed E-state index contributed by atoms with van der Waals surface area (Å²) in [6.45, 7) is 3.82. The number of methoxy groups -OCH3 is 1. The van der Waals surface area contributed by atoms with Gasteiger partial charge in [-0.15, -0.1) is 0 Å². The Morgan fingerprint density at radius 2 is 1.56 bits per heavy atom. The number of nitrogens with one attached hydrogen (secondary N) is 1. The smallest absolute Gasteiger partial charge is 0.264 e. The number of carbonyl (C=O) groups excluding carboxylic acids is 1. The van der Waals surface area contributed by atoms with Gasteiger partial charge in [0, 0.05) is 12.6 Å².